The van der Waals surface area contributed by atoms with Crippen molar-refractivity contribution in [2.75, 3.05) is 13.2 Å². The van der Waals surface area contributed by atoms with Gasteiger partial charge in [0.05, 0.1) is 6.61 Å². The molecule has 4 nitrogen and oxygen atoms in total. The fourth-order valence-corrected chi connectivity index (χ4v) is 3.02. The average molecular weight is 298 g/mol. The van der Waals surface area contributed by atoms with Crippen LogP contribution in [0, 0.1) is 11.7 Å². The first-order chi connectivity index (χ1) is 9.60. The lowest BCUT2D eigenvalue weighted by Crippen LogP contribution is -2.21. The molecular formula is C14H15FO4S. The zero-order valence-corrected chi connectivity index (χ0v) is 11.8. The van der Waals surface area contributed by atoms with Crippen LogP contribution in [0.1, 0.15) is 13.3 Å². The number of esters is 1. The molecule has 2 rings (SSSR count). The van der Waals surface area contributed by atoms with Crippen LogP contribution in [0.5, 0.6) is 5.75 Å². The molecule has 0 N–H and O–H groups in total. The van der Waals surface area contributed by atoms with Crippen molar-refractivity contribution in [3.63, 3.8) is 0 Å². The largest absolute Gasteiger partial charge is 0.492 e. The summed E-state index contributed by atoms with van der Waals surface area (Å²) in [6, 6.07) is 5.67. The predicted molar refractivity (Wildman–Crippen MR) is 73.0 cm³/mol. The number of hydrogen-bond donors (Lipinski definition) is 0. The molecule has 1 aromatic carbocycles. The van der Waals surface area contributed by atoms with Crippen molar-refractivity contribution < 1.29 is 23.5 Å². The summed E-state index contributed by atoms with van der Waals surface area (Å²) >= 11 is 1.11. The van der Waals surface area contributed by atoms with E-state index >= 15 is 0 Å². The fourth-order valence-electron chi connectivity index (χ4n) is 1.91. The van der Waals surface area contributed by atoms with Gasteiger partial charge in [-0.1, -0.05) is 11.8 Å². The lowest BCUT2D eigenvalue weighted by atomic mass is 10.1. The van der Waals surface area contributed by atoms with E-state index in [1.807, 2.05) is 0 Å². The van der Waals surface area contributed by atoms with E-state index < -0.39 is 11.9 Å². The third-order valence-electron chi connectivity index (χ3n) is 2.89. The van der Waals surface area contributed by atoms with E-state index in [2.05, 4.69) is 0 Å². The van der Waals surface area contributed by atoms with Crippen LogP contribution in [0.3, 0.4) is 0 Å². The van der Waals surface area contributed by atoms with Gasteiger partial charge in [-0.05, 0) is 37.6 Å². The highest BCUT2D eigenvalue weighted by Crippen LogP contribution is 2.34. The third-order valence-corrected chi connectivity index (χ3v) is 4.07. The molecular weight excluding hydrogens is 283 g/mol. The normalized spacial score (nSPS) is 21.8. The predicted octanol–water partition coefficient (Wildman–Crippen LogP) is 2.42. The van der Waals surface area contributed by atoms with Crippen molar-refractivity contribution >= 4 is 22.8 Å². The van der Waals surface area contributed by atoms with Gasteiger partial charge in [0.1, 0.15) is 24.1 Å². The summed E-state index contributed by atoms with van der Waals surface area (Å²) in [5.74, 6) is -0.944. The van der Waals surface area contributed by atoms with Crippen LogP contribution in [-0.4, -0.2) is 29.5 Å². The molecule has 6 heteroatoms. The van der Waals surface area contributed by atoms with Gasteiger partial charge in [-0.3, -0.25) is 9.59 Å². The summed E-state index contributed by atoms with van der Waals surface area (Å²) in [7, 11) is 0. The molecule has 1 aliphatic heterocycles. The van der Waals surface area contributed by atoms with E-state index in [-0.39, 0.29) is 22.8 Å². The molecule has 0 spiro atoms. The summed E-state index contributed by atoms with van der Waals surface area (Å²) in [5, 5.41) is -0.252. The summed E-state index contributed by atoms with van der Waals surface area (Å²) in [4.78, 5) is 23.3. The van der Waals surface area contributed by atoms with Gasteiger partial charge in [-0.25, -0.2) is 4.39 Å². The quantitative estimate of drug-likeness (QED) is 0.617. The number of hydrogen-bond acceptors (Lipinski definition) is 5. The molecule has 1 aromatic rings. The monoisotopic (exact) mass is 298 g/mol. The van der Waals surface area contributed by atoms with Crippen molar-refractivity contribution in [1.29, 1.82) is 0 Å². The molecule has 1 saturated heterocycles. The molecule has 2 unspecified atom stereocenters. The van der Waals surface area contributed by atoms with Gasteiger partial charge in [0, 0.05) is 5.25 Å². The number of thioether (sulfide) groups is 1. The molecule has 1 heterocycles. The first kappa shape index (κ1) is 14.8. The molecule has 0 amide bonds. The SMILES string of the molecule is CCOC(=O)C1CC(COc2ccc(F)cc2)SC1=O. The highest BCUT2D eigenvalue weighted by Gasteiger charge is 2.39. The third kappa shape index (κ3) is 3.72. The second-order valence-electron chi connectivity index (χ2n) is 4.36. The number of ether oxygens (including phenoxy) is 2. The van der Waals surface area contributed by atoms with E-state index in [4.69, 9.17) is 9.47 Å². The molecule has 108 valence electrons. The Morgan fingerprint density at radius 3 is 2.75 bits per heavy atom. The molecule has 20 heavy (non-hydrogen) atoms. The molecule has 0 saturated carbocycles. The van der Waals surface area contributed by atoms with E-state index in [1.165, 1.54) is 24.3 Å². The van der Waals surface area contributed by atoms with E-state index in [9.17, 15) is 14.0 Å². The molecule has 0 aliphatic carbocycles. The Kier molecular flexibility index (Phi) is 5.00. The number of rotatable bonds is 5. The van der Waals surface area contributed by atoms with Gasteiger partial charge in [0.15, 0.2) is 0 Å². The van der Waals surface area contributed by atoms with Crippen molar-refractivity contribution in [1.82, 2.24) is 0 Å². The topological polar surface area (TPSA) is 52.6 Å². The lowest BCUT2D eigenvalue weighted by molar-refractivity contribution is -0.149. The van der Waals surface area contributed by atoms with Crippen LogP contribution in [0.4, 0.5) is 4.39 Å². The Bertz CT molecular complexity index is 488. The zero-order valence-electron chi connectivity index (χ0n) is 11.0. The molecule has 2 atom stereocenters. The lowest BCUT2D eigenvalue weighted by Gasteiger charge is -2.10. The van der Waals surface area contributed by atoms with Crippen LogP contribution < -0.4 is 4.74 Å². The smallest absolute Gasteiger partial charge is 0.317 e. The highest BCUT2D eigenvalue weighted by molar-refractivity contribution is 8.14. The van der Waals surface area contributed by atoms with Gasteiger partial charge in [-0.15, -0.1) is 0 Å². The first-order valence-corrected chi connectivity index (χ1v) is 7.23. The van der Waals surface area contributed by atoms with Crippen molar-refractivity contribution in [2.24, 2.45) is 5.92 Å². The molecule has 0 bridgehead atoms. The van der Waals surface area contributed by atoms with Crippen LogP contribution in [0.15, 0.2) is 24.3 Å². The maximum absolute atomic E-state index is 12.7. The molecule has 0 radical (unpaired) electrons. The minimum Gasteiger partial charge on any atom is -0.492 e. The summed E-state index contributed by atoms with van der Waals surface area (Å²) < 4.78 is 23.1. The van der Waals surface area contributed by atoms with Crippen molar-refractivity contribution in [3.05, 3.63) is 30.1 Å². The Hall–Kier alpha value is -1.56. The number of benzene rings is 1. The second-order valence-corrected chi connectivity index (χ2v) is 5.67. The number of carbonyl (C=O) groups is 2. The summed E-state index contributed by atoms with van der Waals surface area (Å²) in [6.45, 7) is 2.28. The first-order valence-electron chi connectivity index (χ1n) is 6.35. The molecule has 0 aromatic heterocycles. The van der Waals surface area contributed by atoms with Crippen LogP contribution in [0.2, 0.25) is 0 Å². The highest BCUT2D eigenvalue weighted by atomic mass is 32.2. The van der Waals surface area contributed by atoms with Gasteiger partial charge < -0.3 is 9.47 Å². The zero-order chi connectivity index (χ0) is 14.5. The Morgan fingerprint density at radius 1 is 1.40 bits per heavy atom. The molecule has 1 aliphatic rings. The second kappa shape index (κ2) is 6.74. The fraction of sp³-hybridized carbons (Fsp3) is 0.429. The Labute approximate surface area is 120 Å². The van der Waals surface area contributed by atoms with Crippen LogP contribution in [-0.2, 0) is 14.3 Å². The van der Waals surface area contributed by atoms with Gasteiger partial charge in [0.2, 0.25) is 5.12 Å². The Balaban J connectivity index is 1.85. The van der Waals surface area contributed by atoms with Gasteiger partial charge in [0.25, 0.3) is 0 Å². The summed E-state index contributed by atoms with van der Waals surface area (Å²) in [5.41, 5.74) is 0. The number of carbonyl (C=O) groups excluding carboxylic acids is 2. The van der Waals surface area contributed by atoms with Crippen molar-refractivity contribution in [2.45, 2.75) is 18.6 Å². The van der Waals surface area contributed by atoms with Gasteiger partial charge in [-0.2, -0.15) is 0 Å². The maximum atomic E-state index is 12.7. The minimum atomic E-state index is -0.693. The number of halogens is 1. The van der Waals surface area contributed by atoms with E-state index in [0.717, 1.165) is 11.8 Å². The summed E-state index contributed by atoms with van der Waals surface area (Å²) in [6.07, 6.45) is 0.420. The van der Waals surface area contributed by atoms with Gasteiger partial charge >= 0.3 is 5.97 Å². The minimum absolute atomic E-state index is 0.0815. The Morgan fingerprint density at radius 2 is 2.10 bits per heavy atom. The van der Waals surface area contributed by atoms with E-state index in [1.54, 1.807) is 6.92 Å². The van der Waals surface area contributed by atoms with E-state index in [0.29, 0.717) is 18.8 Å². The maximum Gasteiger partial charge on any atom is 0.317 e. The van der Waals surface area contributed by atoms with Crippen LogP contribution in [0.25, 0.3) is 0 Å². The van der Waals surface area contributed by atoms with Crippen LogP contribution >= 0.6 is 11.8 Å². The average Bonchev–Trinajstić information content (AvgIpc) is 2.80. The van der Waals surface area contributed by atoms with Crippen molar-refractivity contribution in [3.8, 4) is 5.75 Å². The standard InChI is InChI=1S/C14H15FO4S/c1-2-18-13(16)12-7-11(20-14(12)17)8-19-10-5-3-9(15)4-6-10/h3-6,11-12H,2,7-8H2,1H3. The molecule has 1 fully saturated rings.